The molecule has 3 N–H and O–H groups in total. The number of nitrogens with zero attached hydrogens (tertiary/aromatic N) is 3. The van der Waals surface area contributed by atoms with Gasteiger partial charge in [-0.2, -0.15) is 0 Å². The topological polar surface area (TPSA) is 102 Å². The molecule has 28 heavy (non-hydrogen) atoms. The molecule has 0 aromatic carbocycles. The largest absolute Gasteiger partial charge is 0.474 e. The van der Waals surface area contributed by atoms with Gasteiger partial charge in [0.1, 0.15) is 23.4 Å². The van der Waals surface area contributed by atoms with Crippen LogP contribution in [-0.4, -0.2) is 58.2 Å². The number of nitrogens with two attached hydrogens (primary N) is 1. The van der Waals surface area contributed by atoms with Gasteiger partial charge >= 0.3 is 0 Å². The van der Waals surface area contributed by atoms with E-state index in [0.29, 0.717) is 18.3 Å². The van der Waals surface area contributed by atoms with E-state index in [1.54, 1.807) is 17.7 Å². The summed E-state index contributed by atoms with van der Waals surface area (Å²) in [7, 11) is 4.27. The first-order chi connectivity index (χ1) is 13.4. The molecule has 2 heterocycles. The Morgan fingerprint density at radius 3 is 2.75 bits per heavy atom. The molecule has 1 amide bonds. The Kier molecular flexibility index (Phi) is 5.53. The number of ether oxygens (including phenoxy) is 1. The minimum absolute atomic E-state index is 0.0871. The molecule has 4 rings (SSSR count). The van der Waals surface area contributed by atoms with Crippen molar-refractivity contribution in [2.45, 2.75) is 69.1 Å². The van der Waals surface area contributed by atoms with Crippen LogP contribution in [0.25, 0.3) is 10.2 Å². The molecule has 8 heteroatoms. The zero-order chi connectivity index (χ0) is 19.8. The van der Waals surface area contributed by atoms with Crippen molar-refractivity contribution in [3.8, 4) is 5.88 Å². The van der Waals surface area contributed by atoms with Crippen molar-refractivity contribution >= 4 is 27.5 Å². The second-order valence-electron chi connectivity index (χ2n) is 8.20. The van der Waals surface area contributed by atoms with Crippen molar-refractivity contribution in [3.05, 3.63) is 16.8 Å². The molecule has 2 aromatic rings. The molecular formula is C20H28N4O3S. The monoisotopic (exact) mass is 404 g/mol. The highest BCUT2D eigenvalue weighted by atomic mass is 32.1. The summed E-state index contributed by atoms with van der Waals surface area (Å²) in [6.07, 6.45) is 7.08. The van der Waals surface area contributed by atoms with Gasteiger partial charge in [-0.25, -0.2) is 9.97 Å². The van der Waals surface area contributed by atoms with E-state index in [9.17, 15) is 9.90 Å². The summed E-state index contributed by atoms with van der Waals surface area (Å²) < 4.78 is 6.36. The summed E-state index contributed by atoms with van der Waals surface area (Å²) in [5.41, 5.74) is 6.42. The first-order valence-corrected chi connectivity index (χ1v) is 10.8. The van der Waals surface area contributed by atoms with Crippen LogP contribution in [0.1, 0.15) is 54.9 Å². The average molecular weight is 405 g/mol. The van der Waals surface area contributed by atoms with E-state index in [0.717, 1.165) is 54.3 Å². The lowest BCUT2D eigenvalue weighted by Gasteiger charge is -2.32. The van der Waals surface area contributed by atoms with Gasteiger partial charge < -0.3 is 20.5 Å². The summed E-state index contributed by atoms with van der Waals surface area (Å²) in [6, 6.07) is 0.621. The highest BCUT2D eigenvalue weighted by molar-refractivity contribution is 7.19. The van der Waals surface area contributed by atoms with Crippen molar-refractivity contribution in [1.29, 1.82) is 0 Å². The Morgan fingerprint density at radius 2 is 2.07 bits per heavy atom. The van der Waals surface area contributed by atoms with Crippen LogP contribution in [0.15, 0.2) is 6.33 Å². The number of hydrogen-bond acceptors (Lipinski definition) is 7. The van der Waals surface area contributed by atoms with Crippen LogP contribution in [0.5, 0.6) is 5.88 Å². The van der Waals surface area contributed by atoms with E-state index in [-0.39, 0.29) is 12.0 Å². The third kappa shape index (κ3) is 3.73. The predicted molar refractivity (Wildman–Crippen MR) is 109 cm³/mol. The average Bonchev–Trinajstić information content (AvgIpc) is 3.22. The molecule has 0 saturated heterocycles. The third-order valence-corrected chi connectivity index (χ3v) is 7.36. The van der Waals surface area contributed by atoms with Crippen LogP contribution in [0.3, 0.4) is 0 Å². The number of hydrogen-bond donors (Lipinski definition) is 2. The molecule has 0 radical (unpaired) electrons. The fourth-order valence-electron chi connectivity index (χ4n) is 4.59. The van der Waals surface area contributed by atoms with Crippen molar-refractivity contribution < 1.29 is 14.6 Å². The van der Waals surface area contributed by atoms with Crippen LogP contribution in [0.2, 0.25) is 0 Å². The van der Waals surface area contributed by atoms with Crippen LogP contribution >= 0.6 is 11.3 Å². The molecule has 0 spiro atoms. The second kappa shape index (κ2) is 7.93. The molecule has 1 saturated carbocycles. The number of thiophene rings is 1. The number of aryl methyl sites for hydroxylation is 1. The Labute approximate surface area is 168 Å². The summed E-state index contributed by atoms with van der Waals surface area (Å²) in [5.74, 6) is 0.0682. The van der Waals surface area contributed by atoms with Crippen molar-refractivity contribution in [2.24, 2.45) is 5.73 Å². The van der Waals surface area contributed by atoms with Gasteiger partial charge in [-0.05, 0) is 70.5 Å². The predicted octanol–water partition coefficient (Wildman–Crippen LogP) is 2.21. The number of rotatable bonds is 6. The minimum Gasteiger partial charge on any atom is -0.474 e. The first-order valence-electron chi connectivity index (χ1n) is 10.0. The Morgan fingerprint density at radius 1 is 1.32 bits per heavy atom. The Balaban J connectivity index is 1.58. The van der Waals surface area contributed by atoms with Gasteiger partial charge in [-0.3, -0.25) is 4.79 Å². The maximum absolute atomic E-state index is 11.3. The number of fused-ring (bicyclic) bond motifs is 3. The standard InChI is InChI=1S/C20H28N4O3S/c1-24(2)12-4-6-13(7-5-12)27-19-17-16-11(9-14(25)18(21)26)3-8-15(16)28-20(17)23-10-22-19/h10-14,25H,3-9H2,1-2H3,(H2,21,26)/t11-,12?,13?,14+/m1/s1. The highest BCUT2D eigenvalue weighted by Crippen LogP contribution is 2.47. The molecule has 152 valence electrons. The number of amides is 1. The zero-order valence-electron chi connectivity index (χ0n) is 16.4. The molecule has 0 aliphatic heterocycles. The Bertz CT molecular complexity index is 860. The molecule has 0 bridgehead atoms. The van der Waals surface area contributed by atoms with Gasteiger partial charge in [-0.15, -0.1) is 11.3 Å². The molecule has 1 fully saturated rings. The van der Waals surface area contributed by atoms with Crippen LogP contribution in [-0.2, 0) is 11.2 Å². The van der Waals surface area contributed by atoms with E-state index < -0.39 is 12.0 Å². The van der Waals surface area contributed by atoms with E-state index in [4.69, 9.17) is 10.5 Å². The number of aromatic nitrogens is 2. The van der Waals surface area contributed by atoms with Crippen LogP contribution < -0.4 is 10.5 Å². The summed E-state index contributed by atoms with van der Waals surface area (Å²) >= 11 is 1.67. The SMILES string of the molecule is CN(C)C1CCC(Oc2ncnc3sc4c(c23)[C@@H](C[C@H](O)C(N)=O)CC4)CC1. The number of carbonyl (C=O) groups is 1. The van der Waals surface area contributed by atoms with Crippen LogP contribution in [0.4, 0.5) is 0 Å². The molecule has 2 aliphatic carbocycles. The Hall–Kier alpha value is -1.77. The van der Waals surface area contributed by atoms with Crippen molar-refractivity contribution in [1.82, 2.24) is 14.9 Å². The fourth-order valence-corrected chi connectivity index (χ4v) is 5.82. The summed E-state index contributed by atoms with van der Waals surface area (Å²) in [5, 5.41) is 11.0. The van der Waals surface area contributed by atoms with E-state index >= 15 is 0 Å². The lowest BCUT2D eigenvalue weighted by atomic mass is 9.92. The molecule has 2 aromatic heterocycles. The van der Waals surface area contributed by atoms with E-state index in [1.165, 1.54) is 4.88 Å². The highest BCUT2D eigenvalue weighted by Gasteiger charge is 2.33. The fraction of sp³-hybridized carbons (Fsp3) is 0.650. The molecule has 0 unspecified atom stereocenters. The maximum Gasteiger partial charge on any atom is 0.246 e. The summed E-state index contributed by atoms with van der Waals surface area (Å²) in [4.78, 5) is 24.7. The van der Waals surface area contributed by atoms with Crippen molar-refractivity contribution in [3.63, 3.8) is 0 Å². The first kappa shape index (κ1) is 19.5. The van der Waals surface area contributed by atoms with Gasteiger partial charge in [0.05, 0.1) is 5.39 Å². The van der Waals surface area contributed by atoms with Gasteiger partial charge in [-0.1, -0.05) is 0 Å². The van der Waals surface area contributed by atoms with Gasteiger partial charge in [0, 0.05) is 10.9 Å². The smallest absolute Gasteiger partial charge is 0.246 e. The molecule has 7 nitrogen and oxygen atoms in total. The summed E-state index contributed by atoms with van der Waals surface area (Å²) in [6.45, 7) is 0. The lowest BCUT2D eigenvalue weighted by molar-refractivity contribution is -0.126. The second-order valence-corrected chi connectivity index (χ2v) is 9.28. The van der Waals surface area contributed by atoms with E-state index in [2.05, 4.69) is 29.0 Å². The number of aliphatic hydroxyl groups excluding tert-OH is 1. The zero-order valence-corrected chi connectivity index (χ0v) is 17.2. The van der Waals surface area contributed by atoms with Crippen LogP contribution in [0, 0.1) is 0 Å². The van der Waals surface area contributed by atoms with Gasteiger partial charge in [0.15, 0.2) is 0 Å². The third-order valence-electron chi connectivity index (χ3n) is 6.18. The van der Waals surface area contributed by atoms with E-state index in [1.807, 2.05) is 0 Å². The molecule has 2 atom stereocenters. The van der Waals surface area contributed by atoms with Crippen molar-refractivity contribution in [2.75, 3.05) is 14.1 Å². The normalized spacial score (nSPS) is 25.8. The maximum atomic E-state index is 11.3. The molecular weight excluding hydrogens is 376 g/mol. The minimum atomic E-state index is -1.12. The van der Waals surface area contributed by atoms with Gasteiger partial charge in [0.2, 0.25) is 11.8 Å². The quantitative estimate of drug-likeness (QED) is 0.765. The number of primary amides is 1. The molecule has 2 aliphatic rings. The van der Waals surface area contributed by atoms with Gasteiger partial charge in [0.25, 0.3) is 0 Å². The lowest BCUT2D eigenvalue weighted by Crippen LogP contribution is -2.35. The number of carbonyl (C=O) groups excluding carboxylic acids is 1. The number of aliphatic hydroxyl groups is 1.